The summed E-state index contributed by atoms with van der Waals surface area (Å²) in [6, 6.07) is 5.40. The summed E-state index contributed by atoms with van der Waals surface area (Å²) in [6.45, 7) is 0. The largest absolute Gasteiger partial charge is 0.573 e. The van der Waals surface area contributed by atoms with Crippen molar-refractivity contribution in [3.05, 3.63) is 35.2 Å². The third kappa shape index (κ3) is 4.10. The van der Waals surface area contributed by atoms with E-state index in [-0.39, 0.29) is 16.4 Å². The monoisotopic (exact) mass is 330 g/mol. The van der Waals surface area contributed by atoms with Gasteiger partial charge in [-0.15, -0.1) is 23.4 Å². The van der Waals surface area contributed by atoms with Crippen LogP contribution in [-0.4, -0.2) is 27.0 Å². The number of nitriles is 1. The van der Waals surface area contributed by atoms with Gasteiger partial charge in [-0.3, -0.25) is 0 Å². The zero-order valence-electron chi connectivity index (χ0n) is 10.5. The van der Waals surface area contributed by atoms with Gasteiger partial charge in [0.25, 0.3) is 0 Å². The summed E-state index contributed by atoms with van der Waals surface area (Å²) in [5, 5.41) is 24.1. The minimum Gasteiger partial charge on any atom is -0.404 e. The molecule has 0 bridgehead atoms. The highest BCUT2D eigenvalue weighted by Gasteiger charge is 2.32. The molecule has 0 atom stereocenters. The number of halogens is 4. The van der Waals surface area contributed by atoms with E-state index >= 15 is 0 Å². The van der Waals surface area contributed by atoms with E-state index in [2.05, 4.69) is 30.7 Å². The van der Waals surface area contributed by atoms with Crippen LogP contribution >= 0.6 is 11.6 Å². The molecular formula is C11H6ClF3N6O. The van der Waals surface area contributed by atoms with Crippen LogP contribution < -0.4 is 10.1 Å². The van der Waals surface area contributed by atoms with Crippen molar-refractivity contribution >= 4 is 22.9 Å². The van der Waals surface area contributed by atoms with Crippen LogP contribution in [-0.2, 0) is 0 Å². The molecule has 1 aromatic carbocycles. The van der Waals surface area contributed by atoms with E-state index in [9.17, 15) is 13.2 Å². The van der Waals surface area contributed by atoms with Crippen LogP contribution in [0.15, 0.2) is 24.4 Å². The van der Waals surface area contributed by atoms with Gasteiger partial charge in [-0.25, -0.2) is 0 Å². The first kappa shape index (κ1) is 15.6. The van der Waals surface area contributed by atoms with Crippen LogP contribution in [0.3, 0.4) is 0 Å². The topological polar surface area (TPSA) is 99.5 Å². The Morgan fingerprint density at radius 1 is 1.45 bits per heavy atom. The number of tetrazole rings is 1. The molecule has 0 spiro atoms. The number of rotatable bonds is 4. The standard InChI is InChI=1S/C11H6ClF3N6O/c12-8-3-7(1-2-9(8)22-11(13,14)15)17-5-6(4-16)10-18-20-21-19-10/h1-3,5,17H,(H,18,19,20,21). The quantitative estimate of drug-likeness (QED) is 0.836. The highest BCUT2D eigenvalue weighted by Crippen LogP contribution is 2.32. The second kappa shape index (κ2) is 6.31. The molecule has 2 rings (SSSR count). The SMILES string of the molecule is N#CC(=CNc1ccc(OC(F)(F)F)c(Cl)c1)c1nn[nH]n1. The fourth-order valence-electron chi connectivity index (χ4n) is 1.38. The number of ether oxygens (including phenoxy) is 1. The molecule has 0 aliphatic heterocycles. The van der Waals surface area contributed by atoms with Crippen molar-refractivity contribution in [3.8, 4) is 11.8 Å². The zero-order valence-corrected chi connectivity index (χ0v) is 11.3. The number of aromatic amines is 1. The molecule has 7 nitrogen and oxygen atoms in total. The molecule has 0 radical (unpaired) electrons. The minimum absolute atomic E-state index is 0.0677. The average Bonchev–Trinajstić information content (AvgIpc) is 2.95. The van der Waals surface area contributed by atoms with Crippen LogP contribution in [0.5, 0.6) is 5.75 Å². The fraction of sp³-hybridized carbons (Fsp3) is 0.0909. The maximum absolute atomic E-state index is 12.1. The molecule has 22 heavy (non-hydrogen) atoms. The molecule has 0 fully saturated rings. The predicted octanol–water partition coefficient (Wildman–Crippen LogP) is 2.73. The molecule has 0 saturated carbocycles. The Balaban J connectivity index is 2.14. The number of nitrogens with one attached hydrogen (secondary N) is 2. The second-order valence-electron chi connectivity index (χ2n) is 3.74. The summed E-state index contributed by atoms with van der Waals surface area (Å²) in [6.07, 6.45) is -3.56. The summed E-state index contributed by atoms with van der Waals surface area (Å²) in [5.41, 5.74) is 0.413. The summed E-state index contributed by atoms with van der Waals surface area (Å²) < 4.78 is 40.1. The van der Waals surface area contributed by atoms with Gasteiger partial charge in [-0.2, -0.15) is 10.5 Å². The van der Waals surface area contributed by atoms with Crippen LogP contribution in [0, 0.1) is 11.3 Å². The average molecular weight is 331 g/mol. The van der Waals surface area contributed by atoms with Gasteiger partial charge in [-0.1, -0.05) is 11.6 Å². The lowest BCUT2D eigenvalue weighted by molar-refractivity contribution is -0.274. The summed E-state index contributed by atoms with van der Waals surface area (Å²) in [5.74, 6) is -0.458. The molecule has 2 N–H and O–H groups in total. The number of anilines is 1. The Bertz CT molecular complexity index is 722. The highest BCUT2D eigenvalue weighted by atomic mass is 35.5. The van der Waals surface area contributed by atoms with Crippen molar-refractivity contribution in [2.24, 2.45) is 0 Å². The van der Waals surface area contributed by atoms with Crippen LogP contribution in [0.4, 0.5) is 18.9 Å². The van der Waals surface area contributed by atoms with Crippen molar-refractivity contribution < 1.29 is 17.9 Å². The van der Waals surface area contributed by atoms with Crippen molar-refractivity contribution in [2.75, 3.05) is 5.32 Å². The lowest BCUT2D eigenvalue weighted by atomic mass is 10.2. The number of nitrogens with zero attached hydrogens (tertiary/aromatic N) is 4. The lowest BCUT2D eigenvalue weighted by Gasteiger charge is -2.11. The van der Waals surface area contributed by atoms with E-state index in [0.717, 1.165) is 6.07 Å². The van der Waals surface area contributed by atoms with Crippen LogP contribution in [0.25, 0.3) is 5.57 Å². The van der Waals surface area contributed by atoms with Crippen molar-refractivity contribution in [1.29, 1.82) is 5.26 Å². The van der Waals surface area contributed by atoms with E-state index in [1.807, 2.05) is 6.07 Å². The molecule has 0 unspecified atom stereocenters. The van der Waals surface area contributed by atoms with Crippen LogP contribution in [0.2, 0.25) is 5.02 Å². The number of benzene rings is 1. The number of allylic oxidation sites excluding steroid dienone is 1. The Labute approximate surface area is 126 Å². The first-order chi connectivity index (χ1) is 10.4. The van der Waals surface area contributed by atoms with E-state index < -0.39 is 12.1 Å². The third-order valence-electron chi connectivity index (χ3n) is 2.25. The number of H-pyrrole nitrogens is 1. The van der Waals surface area contributed by atoms with Gasteiger partial charge >= 0.3 is 6.36 Å². The Kier molecular flexibility index (Phi) is 4.47. The molecule has 0 saturated heterocycles. The normalized spacial score (nSPS) is 11.9. The highest BCUT2D eigenvalue weighted by molar-refractivity contribution is 6.32. The number of aromatic nitrogens is 4. The lowest BCUT2D eigenvalue weighted by Crippen LogP contribution is -2.17. The van der Waals surface area contributed by atoms with E-state index in [1.165, 1.54) is 18.3 Å². The zero-order chi connectivity index (χ0) is 16.2. The molecular weight excluding hydrogens is 325 g/mol. The van der Waals surface area contributed by atoms with Gasteiger partial charge < -0.3 is 10.1 Å². The number of hydrogen-bond acceptors (Lipinski definition) is 6. The smallest absolute Gasteiger partial charge is 0.404 e. The molecule has 114 valence electrons. The molecule has 2 aromatic rings. The Morgan fingerprint density at radius 3 is 2.77 bits per heavy atom. The van der Waals surface area contributed by atoms with Gasteiger partial charge in [0.05, 0.1) is 5.02 Å². The first-order valence-electron chi connectivity index (χ1n) is 5.55. The third-order valence-corrected chi connectivity index (χ3v) is 2.54. The van der Waals surface area contributed by atoms with E-state index in [4.69, 9.17) is 16.9 Å². The van der Waals surface area contributed by atoms with Gasteiger partial charge in [0.2, 0.25) is 5.82 Å². The molecule has 1 heterocycles. The maximum atomic E-state index is 12.1. The Hall–Kier alpha value is -2.80. The fourth-order valence-corrected chi connectivity index (χ4v) is 1.60. The Morgan fingerprint density at radius 2 is 2.23 bits per heavy atom. The molecule has 0 aliphatic carbocycles. The second-order valence-corrected chi connectivity index (χ2v) is 4.15. The maximum Gasteiger partial charge on any atom is 0.573 e. The summed E-state index contributed by atoms with van der Waals surface area (Å²) in [4.78, 5) is 0. The van der Waals surface area contributed by atoms with Crippen molar-refractivity contribution in [2.45, 2.75) is 6.36 Å². The first-order valence-corrected chi connectivity index (χ1v) is 5.93. The summed E-state index contributed by atoms with van der Waals surface area (Å²) in [7, 11) is 0. The molecule has 1 aromatic heterocycles. The minimum atomic E-state index is -4.83. The van der Waals surface area contributed by atoms with Gasteiger partial charge in [0.15, 0.2) is 0 Å². The van der Waals surface area contributed by atoms with Gasteiger partial charge in [-0.05, 0) is 23.4 Å². The predicted molar refractivity (Wildman–Crippen MR) is 69.5 cm³/mol. The number of hydrogen-bond donors (Lipinski definition) is 2. The van der Waals surface area contributed by atoms with Crippen molar-refractivity contribution in [1.82, 2.24) is 20.6 Å². The molecule has 11 heteroatoms. The summed E-state index contributed by atoms with van der Waals surface area (Å²) >= 11 is 5.69. The van der Waals surface area contributed by atoms with E-state index in [1.54, 1.807) is 0 Å². The molecule has 0 amide bonds. The van der Waals surface area contributed by atoms with Gasteiger partial charge in [0, 0.05) is 11.9 Å². The van der Waals surface area contributed by atoms with E-state index in [0.29, 0.717) is 5.69 Å². The van der Waals surface area contributed by atoms with Crippen LogP contribution in [0.1, 0.15) is 5.82 Å². The molecule has 0 aliphatic rings. The number of alkyl halides is 3. The van der Waals surface area contributed by atoms with Gasteiger partial charge in [0.1, 0.15) is 17.4 Å². The van der Waals surface area contributed by atoms with Crippen molar-refractivity contribution in [3.63, 3.8) is 0 Å².